The molecule has 2 bridgehead atoms. The predicted octanol–water partition coefficient (Wildman–Crippen LogP) is 0.818. The molecule has 21 heavy (non-hydrogen) atoms. The normalized spacial score (nSPS) is 33.4. The SMILES string of the molecule is O=S1(=O)c2ccc(N3CCC(F)C3)nc2N[C@H]2CCN1C2. The second-order valence-corrected chi connectivity index (χ2v) is 7.75. The largest absolute Gasteiger partial charge is 0.365 e. The lowest BCUT2D eigenvalue weighted by Crippen LogP contribution is -2.28. The summed E-state index contributed by atoms with van der Waals surface area (Å²) in [4.78, 5) is 6.54. The van der Waals surface area contributed by atoms with E-state index < -0.39 is 16.2 Å². The third-order valence-electron chi connectivity index (χ3n) is 4.41. The average Bonchev–Trinajstić information content (AvgIpc) is 3.05. The van der Waals surface area contributed by atoms with Crippen molar-refractivity contribution in [1.29, 1.82) is 0 Å². The summed E-state index contributed by atoms with van der Waals surface area (Å²) in [5.41, 5.74) is 0. The molecule has 6 nitrogen and oxygen atoms in total. The van der Waals surface area contributed by atoms with Gasteiger partial charge in [0.2, 0.25) is 10.0 Å². The lowest BCUT2D eigenvalue weighted by Gasteiger charge is -2.20. The van der Waals surface area contributed by atoms with Crippen molar-refractivity contribution >= 4 is 21.7 Å². The quantitative estimate of drug-likeness (QED) is 0.831. The van der Waals surface area contributed by atoms with E-state index in [9.17, 15) is 12.8 Å². The monoisotopic (exact) mass is 312 g/mol. The summed E-state index contributed by atoms with van der Waals surface area (Å²) in [6, 6.07) is 3.37. The van der Waals surface area contributed by atoms with E-state index in [1.807, 2.05) is 4.90 Å². The highest BCUT2D eigenvalue weighted by atomic mass is 32.2. The summed E-state index contributed by atoms with van der Waals surface area (Å²) in [5, 5.41) is 3.23. The van der Waals surface area contributed by atoms with Crippen LogP contribution in [-0.2, 0) is 10.0 Å². The van der Waals surface area contributed by atoms with Crippen molar-refractivity contribution in [2.24, 2.45) is 0 Å². The molecule has 4 heterocycles. The van der Waals surface area contributed by atoms with Gasteiger partial charge in [0.25, 0.3) is 0 Å². The number of rotatable bonds is 1. The molecule has 0 amide bonds. The molecular formula is C13H17FN4O2S. The van der Waals surface area contributed by atoms with Gasteiger partial charge in [-0.15, -0.1) is 0 Å². The number of alkyl halides is 1. The Labute approximate surface area is 123 Å². The first-order valence-electron chi connectivity index (χ1n) is 7.21. The minimum Gasteiger partial charge on any atom is -0.365 e. The van der Waals surface area contributed by atoms with Crippen LogP contribution in [0.15, 0.2) is 17.0 Å². The fourth-order valence-corrected chi connectivity index (χ4v) is 4.84. The van der Waals surface area contributed by atoms with Crippen LogP contribution in [0.4, 0.5) is 16.0 Å². The van der Waals surface area contributed by atoms with E-state index in [1.165, 1.54) is 4.31 Å². The van der Waals surface area contributed by atoms with Crippen molar-refractivity contribution in [2.75, 3.05) is 36.4 Å². The molecular weight excluding hydrogens is 295 g/mol. The van der Waals surface area contributed by atoms with Crippen LogP contribution < -0.4 is 10.2 Å². The second-order valence-electron chi connectivity index (χ2n) is 5.84. The smallest absolute Gasteiger partial charge is 0.246 e. The molecule has 4 rings (SSSR count). The molecule has 3 aliphatic rings. The van der Waals surface area contributed by atoms with Crippen LogP contribution in [0.1, 0.15) is 12.8 Å². The fourth-order valence-electron chi connectivity index (χ4n) is 3.25. The molecule has 0 aliphatic carbocycles. The zero-order chi connectivity index (χ0) is 14.6. The number of hydrogen-bond donors (Lipinski definition) is 1. The topological polar surface area (TPSA) is 65.5 Å². The van der Waals surface area contributed by atoms with E-state index >= 15 is 0 Å². The van der Waals surface area contributed by atoms with E-state index in [4.69, 9.17) is 0 Å². The standard InChI is InChI=1S/C13H17FN4O2S/c14-9-3-5-17(7-9)12-2-1-11-13(16-12)15-10-4-6-18(8-10)21(11,19)20/h1-2,9-10H,3-8H2,(H,15,16)/t9?,10-/m0/s1. The highest BCUT2D eigenvalue weighted by Gasteiger charge is 2.38. The van der Waals surface area contributed by atoms with Crippen molar-refractivity contribution in [1.82, 2.24) is 9.29 Å². The third kappa shape index (κ3) is 2.08. The van der Waals surface area contributed by atoms with Gasteiger partial charge in [0.1, 0.15) is 22.7 Å². The maximum Gasteiger partial charge on any atom is 0.246 e. The van der Waals surface area contributed by atoms with Crippen LogP contribution in [0.2, 0.25) is 0 Å². The van der Waals surface area contributed by atoms with Crippen LogP contribution in [0.3, 0.4) is 0 Å². The maximum atomic E-state index is 13.3. The molecule has 1 aromatic rings. The molecule has 0 aromatic carbocycles. The van der Waals surface area contributed by atoms with Crippen LogP contribution in [0.25, 0.3) is 0 Å². The number of nitrogens with zero attached hydrogens (tertiary/aromatic N) is 3. The maximum absolute atomic E-state index is 13.3. The Bertz CT molecular complexity index is 681. The molecule has 0 spiro atoms. The Balaban J connectivity index is 1.75. The van der Waals surface area contributed by atoms with Crippen LogP contribution >= 0.6 is 0 Å². The summed E-state index contributed by atoms with van der Waals surface area (Å²) in [6.07, 6.45) is 0.464. The van der Waals surface area contributed by atoms with Gasteiger partial charge in [-0.2, -0.15) is 4.31 Å². The van der Waals surface area contributed by atoms with Gasteiger partial charge in [-0.1, -0.05) is 0 Å². The number of pyridine rings is 1. The molecule has 8 heteroatoms. The van der Waals surface area contributed by atoms with Crippen molar-refractivity contribution in [3.05, 3.63) is 12.1 Å². The molecule has 0 saturated carbocycles. The molecule has 1 aromatic heterocycles. The second kappa shape index (κ2) is 4.54. The van der Waals surface area contributed by atoms with Crippen molar-refractivity contribution < 1.29 is 12.8 Å². The first-order chi connectivity index (χ1) is 10.0. The molecule has 3 atom stereocenters. The fraction of sp³-hybridized carbons (Fsp3) is 0.615. The average molecular weight is 312 g/mol. The van der Waals surface area contributed by atoms with Gasteiger partial charge in [-0.25, -0.2) is 17.8 Å². The van der Waals surface area contributed by atoms with Crippen molar-refractivity contribution in [3.8, 4) is 0 Å². The molecule has 3 aliphatic heterocycles. The lowest BCUT2D eigenvalue weighted by atomic mass is 10.2. The van der Waals surface area contributed by atoms with E-state index in [0.29, 0.717) is 44.2 Å². The minimum atomic E-state index is -3.46. The number of halogens is 1. The Kier molecular flexibility index (Phi) is 2.87. The Morgan fingerprint density at radius 3 is 2.86 bits per heavy atom. The molecule has 2 saturated heterocycles. The van der Waals surface area contributed by atoms with Crippen LogP contribution in [0.5, 0.6) is 0 Å². The highest BCUT2D eigenvalue weighted by molar-refractivity contribution is 7.89. The molecule has 114 valence electrons. The van der Waals surface area contributed by atoms with E-state index in [1.54, 1.807) is 12.1 Å². The van der Waals surface area contributed by atoms with Gasteiger partial charge in [0.15, 0.2) is 0 Å². The number of nitrogens with one attached hydrogen (secondary N) is 1. The Morgan fingerprint density at radius 1 is 1.24 bits per heavy atom. The number of sulfonamides is 1. The van der Waals surface area contributed by atoms with Crippen molar-refractivity contribution in [3.63, 3.8) is 0 Å². The predicted molar refractivity (Wildman–Crippen MR) is 76.7 cm³/mol. The van der Waals surface area contributed by atoms with E-state index in [2.05, 4.69) is 10.3 Å². The van der Waals surface area contributed by atoms with Crippen LogP contribution in [0, 0.1) is 0 Å². The molecule has 2 fully saturated rings. The Morgan fingerprint density at radius 2 is 2.10 bits per heavy atom. The summed E-state index contributed by atoms with van der Waals surface area (Å²) in [7, 11) is -3.46. The van der Waals surface area contributed by atoms with Crippen LogP contribution in [-0.4, -0.2) is 56.1 Å². The zero-order valence-corrected chi connectivity index (χ0v) is 12.3. The molecule has 1 N–H and O–H groups in total. The van der Waals surface area contributed by atoms with E-state index in [0.717, 1.165) is 6.42 Å². The number of hydrogen-bond acceptors (Lipinski definition) is 5. The van der Waals surface area contributed by atoms with Gasteiger partial charge < -0.3 is 10.2 Å². The first-order valence-corrected chi connectivity index (χ1v) is 8.65. The lowest BCUT2D eigenvalue weighted by molar-refractivity contribution is 0.364. The van der Waals surface area contributed by atoms with Crippen molar-refractivity contribution in [2.45, 2.75) is 30.0 Å². The van der Waals surface area contributed by atoms with Gasteiger partial charge in [-0.3, -0.25) is 0 Å². The van der Waals surface area contributed by atoms with Gasteiger partial charge >= 0.3 is 0 Å². The van der Waals surface area contributed by atoms with Gasteiger partial charge in [0, 0.05) is 25.7 Å². The third-order valence-corrected chi connectivity index (χ3v) is 6.30. The summed E-state index contributed by atoms with van der Waals surface area (Å²) in [5.74, 6) is 1.05. The summed E-state index contributed by atoms with van der Waals surface area (Å²) < 4.78 is 39.9. The number of aromatic nitrogens is 1. The summed E-state index contributed by atoms with van der Waals surface area (Å²) in [6.45, 7) is 1.99. The molecule has 2 unspecified atom stereocenters. The number of anilines is 2. The zero-order valence-electron chi connectivity index (χ0n) is 11.5. The number of fused-ring (bicyclic) bond motifs is 3. The van der Waals surface area contributed by atoms with Gasteiger partial charge in [-0.05, 0) is 25.0 Å². The minimum absolute atomic E-state index is 0.108. The summed E-state index contributed by atoms with van der Waals surface area (Å²) >= 11 is 0. The Hall–Kier alpha value is -1.41. The van der Waals surface area contributed by atoms with E-state index in [-0.39, 0.29) is 10.9 Å². The molecule has 0 radical (unpaired) electrons. The highest BCUT2D eigenvalue weighted by Crippen LogP contribution is 2.33. The van der Waals surface area contributed by atoms with Gasteiger partial charge in [0.05, 0.1) is 6.54 Å². The first kappa shape index (κ1) is 13.3.